The molecule has 4 heteroatoms. The summed E-state index contributed by atoms with van der Waals surface area (Å²) in [4.78, 5) is 10.7. The number of rotatable bonds is 2. The number of hydrogen-bond donors (Lipinski definition) is 2. The van der Waals surface area contributed by atoms with E-state index in [-0.39, 0.29) is 5.63 Å². The Bertz CT molecular complexity index is 296. The molecule has 1 aliphatic heterocycles. The average molecular weight is 168 g/mol. The lowest BCUT2D eigenvalue weighted by atomic mass is 10.0. The summed E-state index contributed by atoms with van der Waals surface area (Å²) >= 11 is 0. The van der Waals surface area contributed by atoms with Gasteiger partial charge in [-0.25, -0.2) is 9.95 Å². The molecule has 4 nitrogen and oxygen atoms in total. The van der Waals surface area contributed by atoms with Crippen LogP contribution in [0.5, 0.6) is 0 Å². The lowest BCUT2D eigenvalue weighted by molar-refractivity contribution is 0.380. The van der Waals surface area contributed by atoms with Crippen LogP contribution >= 0.6 is 0 Å². The van der Waals surface area contributed by atoms with Gasteiger partial charge in [0, 0.05) is 6.07 Å². The first-order valence-electron chi connectivity index (χ1n) is 4.23. The standard InChI is InChI=1S/C8H12N2O2/c11-8-4-7(10-12-8)3-6-1-2-9-5-6/h4,6,9-10H,1-3,5H2. The summed E-state index contributed by atoms with van der Waals surface area (Å²) < 4.78 is 4.57. The maximum absolute atomic E-state index is 10.7. The van der Waals surface area contributed by atoms with Crippen molar-refractivity contribution in [2.45, 2.75) is 12.8 Å². The van der Waals surface area contributed by atoms with Crippen LogP contribution in [0.15, 0.2) is 15.4 Å². The van der Waals surface area contributed by atoms with Crippen LogP contribution in [0.1, 0.15) is 12.1 Å². The lowest BCUT2D eigenvalue weighted by Gasteiger charge is -2.03. The van der Waals surface area contributed by atoms with Crippen LogP contribution in [0.25, 0.3) is 0 Å². The van der Waals surface area contributed by atoms with Gasteiger partial charge in [0.05, 0.1) is 5.69 Å². The SMILES string of the molecule is O=c1cc(CC2CCNC2)[nH]o1. The molecule has 2 N–H and O–H groups in total. The largest absolute Gasteiger partial charge is 0.357 e. The van der Waals surface area contributed by atoms with Crippen molar-refractivity contribution in [1.29, 1.82) is 0 Å². The fourth-order valence-electron chi connectivity index (χ4n) is 1.62. The van der Waals surface area contributed by atoms with Crippen molar-refractivity contribution in [3.05, 3.63) is 22.2 Å². The highest BCUT2D eigenvalue weighted by molar-refractivity contribution is 4.98. The predicted octanol–water partition coefficient (Wildman–Crippen LogP) is 0.120. The molecule has 1 aliphatic rings. The lowest BCUT2D eigenvalue weighted by Crippen LogP contribution is -2.10. The highest BCUT2D eigenvalue weighted by Crippen LogP contribution is 2.12. The molecule has 12 heavy (non-hydrogen) atoms. The summed E-state index contributed by atoms with van der Waals surface area (Å²) in [6, 6.07) is 1.53. The third-order valence-corrected chi connectivity index (χ3v) is 2.25. The van der Waals surface area contributed by atoms with E-state index >= 15 is 0 Å². The van der Waals surface area contributed by atoms with Gasteiger partial charge < -0.3 is 9.84 Å². The third-order valence-electron chi connectivity index (χ3n) is 2.25. The highest BCUT2D eigenvalue weighted by Gasteiger charge is 2.15. The number of hydrogen-bond acceptors (Lipinski definition) is 3. The van der Waals surface area contributed by atoms with Crippen molar-refractivity contribution in [3.63, 3.8) is 0 Å². The van der Waals surface area contributed by atoms with Crippen molar-refractivity contribution in [2.24, 2.45) is 5.92 Å². The number of nitrogens with one attached hydrogen (secondary N) is 2. The fourth-order valence-corrected chi connectivity index (χ4v) is 1.62. The van der Waals surface area contributed by atoms with E-state index in [1.165, 1.54) is 12.5 Å². The Morgan fingerprint density at radius 1 is 1.67 bits per heavy atom. The second-order valence-electron chi connectivity index (χ2n) is 3.26. The van der Waals surface area contributed by atoms with Gasteiger partial charge >= 0.3 is 5.63 Å². The Morgan fingerprint density at radius 2 is 2.58 bits per heavy atom. The molecule has 0 spiro atoms. The first kappa shape index (κ1) is 7.61. The van der Waals surface area contributed by atoms with Gasteiger partial charge in [-0.1, -0.05) is 0 Å². The van der Waals surface area contributed by atoms with E-state index in [0.717, 1.165) is 25.2 Å². The Morgan fingerprint density at radius 3 is 3.17 bits per heavy atom. The minimum atomic E-state index is -0.282. The average Bonchev–Trinajstić information content (AvgIpc) is 2.63. The predicted molar refractivity (Wildman–Crippen MR) is 44.0 cm³/mol. The van der Waals surface area contributed by atoms with Gasteiger partial charge in [0.1, 0.15) is 0 Å². The Balaban J connectivity index is 1.98. The monoisotopic (exact) mass is 168 g/mol. The summed E-state index contributed by atoms with van der Waals surface area (Å²) in [6.07, 6.45) is 2.10. The molecule has 2 heterocycles. The molecule has 66 valence electrons. The van der Waals surface area contributed by atoms with Crippen molar-refractivity contribution in [3.8, 4) is 0 Å². The van der Waals surface area contributed by atoms with Crippen molar-refractivity contribution < 1.29 is 4.52 Å². The molecule has 0 bridgehead atoms. The molecule has 0 amide bonds. The summed E-state index contributed by atoms with van der Waals surface area (Å²) in [5.74, 6) is 0.651. The van der Waals surface area contributed by atoms with Gasteiger partial charge in [0.15, 0.2) is 0 Å². The normalized spacial score (nSPS) is 23.2. The molecular weight excluding hydrogens is 156 g/mol. The first-order chi connectivity index (χ1) is 5.84. The van der Waals surface area contributed by atoms with E-state index in [1.54, 1.807) is 0 Å². The summed E-state index contributed by atoms with van der Waals surface area (Å²) in [5.41, 5.74) is 0.629. The maximum Gasteiger partial charge on any atom is 0.357 e. The van der Waals surface area contributed by atoms with Gasteiger partial charge in [0.25, 0.3) is 0 Å². The molecule has 1 aromatic heterocycles. The molecular formula is C8H12N2O2. The fraction of sp³-hybridized carbons (Fsp3) is 0.625. The van der Waals surface area contributed by atoms with Crippen LogP contribution in [-0.2, 0) is 6.42 Å². The molecule has 0 radical (unpaired) electrons. The van der Waals surface area contributed by atoms with E-state index in [4.69, 9.17) is 0 Å². The second-order valence-corrected chi connectivity index (χ2v) is 3.26. The molecule has 1 saturated heterocycles. The van der Waals surface area contributed by atoms with E-state index in [0.29, 0.717) is 5.92 Å². The topological polar surface area (TPSA) is 58.0 Å². The minimum Gasteiger partial charge on any atom is -0.339 e. The van der Waals surface area contributed by atoms with Crippen LogP contribution in [-0.4, -0.2) is 18.2 Å². The molecule has 0 saturated carbocycles. The Hall–Kier alpha value is -1.03. The van der Waals surface area contributed by atoms with Crippen LogP contribution < -0.4 is 10.9 Å². The Labute approximate surface area is 69.9 Å². The van der Waals surface area contributed by atoms with Gasteiger partial charge in [-0.3, -0.25) is 0 Å². The van der Waals surface area contributed by atoms with Crippen molar-refractivity contribution in [1.82, 2.24) is 10.5 Å². The molecule has 1 atom stereocenters. The highest BCUT2D eigenvalue weighted by atomic mass is 16.5. The van der Waals surface area contributed by atoms with Crippen LogP contribution in [0.2, 0.25) is 0 Å². The Kier molecular flexibility index (Phi) is 1.99. The number of aromatic amines is 1. The van der Waals surface area contributed by atoms with Crippen LogP contribution in [0, 0.1) is 5.92 Å². The smallest absolute Gasteiger partial charge is 0.339 e. The van der Waals surface area contributed by atoms with E-state index in [1.807, 2.05) is 0 Å². The second kappa shape index (κ2) is 3.15. The summed E-state index contributed by atoms with van der Waals surface area (Å²) in [5, 5.41) is 5.89. The van der Waals surface area contributed by atoms with Crippen LogP contribution in [0.4, 0.5) is 0 Å². The third kappa shape index (κ3) is 1.58. The van der Waals surface area contributed by atoms with Crippen molar-refractivity contribution in [2.75, 3.05) is 13.1 Å². The molecule has 2 rings (SSSR count). The minimum absolute atomic E-state index is 0.282. The number of aromatic nitrogens is 1. The number of H-pyrrole nitrogens is 1. The zero-order valence-corrected chi connectivity index (χ0v) is 6.80. The van der Waals surface area contributed by atoms with E-state index in [2.05, 4.69) is 15.0 Å². The van der Waals surface area contributed by atoms with Gasteiger partial charge in [-0.15, -0.1) is 0 Å². The molecule has 1 aromatic rings. The van der Waals surface area contributed by atoms with E-state index < -0.39 is 0 Å². The quantitative estimate of drug-likeness (QED) is 0.659. The summed E-state index contributed by atoms with van der Waals surface area (Å²) in [6.45, 7) is 2.14. The zero-order valence-electron chi connectivity index (χ0n) is 6.80. The van der Waals surface area contributed by atoms with Gasteiger partial charge in [0.2, 0.25) is 0 Å². The maximum atomic E-state index is 10.7. The van der Waals surface area contributed by atoms with Crippen LogP contribution in [0.3, 0.4) is 0 Å². The molecule has 1 fully saturated rings. The molecule has 0 aliphatic carbocycles. The zero-order chi connectivity index (χ0) is 8.39. The molecule has 0 aromatic carbocycles. The van der Waals surface area contributed by atoms with E-state index in [9.17, 15) is 4.79 Å². The van der Waals surface area contributed by atoms with Gasteiger partial charge in [-0.05, 0) is 31.8 Å². The first-order valence-corrected chi connectivity index (χ1v) is 4.23. The molecule has 1 unspecified atom stereocenters. The summed E-state index contributed by atoms with van der Waals surface area (Å²) in [7, 11) is 0. The van der Waals surface area contributed by atoms with Crippen molar-refractivity contribution >= 4 is 0 Å². The van der Waals surface area contributed by atoms with Gasteiger partial charge in [-0.2, -0.15) is 0 Å².